The Balaban J connectivity index is 1.50. The number of benzene rings is 1. The Morgan fingerprint density at radius 1 is 1.03 bits per heavy atom. The topological polar surface area (TPSA) is 75.1 Å². The summed E-state index contributed by atoms with van der Waals surface area (Å²) in [6.07, 6.45) is 2.19. The van der Waals surface area contributed by atoms with Gasteiger partial charge in [-0.25, -0.2) is 24.3 Å². The molecule has 0 saturated carbocycles. The van der Waals surface area contributed by atoms with Crippen LogP contribution in [-0.2, 0) is 17.8 Å². The van der Waals surface area contributed by atoms with E-state index < -0.39 is 0 Å². The highest BCUT2D eigenvalue weighted by atomic mass is 19.1. The lowest BCUT2D eigenvalue weighted by Gasteiger charge is -2.25. The molecule has 7 nitrogen and oxygen atoms in total. The van der Waals surface area contributed by atoms with E-state index in [-0.39, 0.29) is 24.2 Å². The number of aromatic nitrogens is 4. The number of fused-ring (bicyclic) bond motifs is 1. The van der Waals surface area contributed by atoms with Crippen LogP contribution in [0.25, 0.3) is 0 Å². The zero-order chi connectivity index (χ0) is 22.4. The minimum absolute atomic E-state index is 0.0141. The van der Waals surface area contributed by atoms with E-state index in [1.807, 2.05) is 26.8 Å². The molecule has 0 spiro atoms. The molecule has 1 aromatic carbocycles. The second kappa shape index (κ2) is 7.93. The summed E-state index contributed by atoms with van der Waals surface area (Å²) in [5.74, 6) is 1.75. The van der Waals surface area contributed by atoms with Gasteiger partial charge >= 0.3 is 0 Å². The largest absolute Gasteiger partial charge is 0.331 e. The Morgan fingerprint density at radius 2 is 1.75 bits per heavy atom. The third-order valence-electron chi connectivity index (χ3n) is 6.13. The van der Waals surface area contributed by atoms with Gasteiger partial charge in [0.1, 0.15) is 11.6 Å². The van der Waals surface area contributed by atoms with Gasteiger partial charge in [0.25, 0.3) is 0 Å². The average molecular weight is 433 g/mol. The van der Waals surface area contributed by atoms with Crippen molar-refractivity contribution >= 4 is 17.7 Å². The molecule has 1 atom stereocenters. The van der Waals surface area contributed by atoms with Crippen molar-refractivity contribution in [3.8, 4) is 0 Å². The number of carbonyl (C=O) groups excluding carboxylic acids is 1. The number of amides is 1. The highest BCUT2D eigenvalue weighted by molar-refractivity contribution is 6.00. The maximum Gasteiger partial charge on any atom is 0.233 e. The van der Waals surface area contributed by atoms with Crippen molar-refractivity contribution in [1.29, 1.82) is 0 Å². The third kappa shape index (κ3) is 3.70. The molecule has 1 unspecified atom stereocenters. The molecule has 4 heterocycles. The molecule has 1 amide bonds. The van der Waals surface area contributed by atoms with Crippen LogP contribution >= 0.6 is 0 Å². The van der Waals surface area contributed by atoms with Crippen molar-refractivity contribution in [3.63, 3.8) is 0 Å². The fraction of sp³-hybridized carbons (Fsp3) is 0.375. The Kier molecular flexibility index (Phi) is 5.07. The third-order valence-corrected chi connectivity index (χ3v) is 6.13. The van der Waals surface area contributed by atoms with Crippen LogP contribution in [-0.4, -0.2) is 32.4 Å². The van der Waals surface area contributed by atoms with E-state index in [0.717, 1.165) is 47.6 Å². The summed E-state index contributed by atoms with van der Waals surface area (Å²) < 4.78 is 13.3. The van der Waals surface area contributed by atoms with Gasteiger partial charge in [-0.2, -0.15) is 0 Å². The van der Waals surface area contributed by atoms with Gasteiger partial charge in [0.2, 0.25) is 11.9 Å². The lowest BCUT2D eigenvalue weighted by molar-refractivity contribution is -0.117. The van der Waals surface area contributed by atoms with E-state index in [1.165, 1.54) is 12.1 Å². The molecular weight excluding hydrogens is 407 g/mol. The highest BCUT2D eigenvalue weighted by Crippen LogP contribution is 2.37. The van der Waals surface area contributed by atoms with Gasteiger partial charge in [-0.05, 0) is 57.4 Å². The van der Waals surface area contributed by atoms with Gasteiger partial charge in [0.15, 0.2) is 5.82 Å². The van der Waals surface area contributed by atoms with E-state index in [0.29, 0.717) is 24.1 Å². The monoisotopic (exact) mass is 432 g/mol. The van der Waals surface area contributed by atoms with Crippen LogP contribution in [0.2, 0.25) is 0 Å². The first-order chi connectivity index (χ1) is 15.4. The molecule has 164 valence electrons. The van der Waals surface area contributed by atoms with Crippen molar-refractivity contribution < 1.29 is 9.18 Å². The fourth-order valence-electron chi connectivity index (χ4n) is 4.59. The second-order valence-electron chi connectivity index (χ2n) is 8.55. The Morgan fingerprint density at radius 3 is 2.47 bits per heavy atom. The maximum atomic E-state index is 13.3. The normalized spacial score (nSPS) is 17.9. The standard InChI is InChI=1S/C24H25FN6O/c1-14-11-15(2)27-24(26-14)30-10-4-5-20(30)22-28-16(3)19-12-21(32)31(23(19)29-22)13-17-6-8-18(25)9-7-17/h6-9,11,20H,4-5,10,12-13H2,1-3H3. The van der Waals surface area contributed by atoms with Gasteiger partial charge in [-0.3, -0.25) is 9.69 Å². The molecule has 0 N–H and O–H groups in total. The molecule has 2 aliphatic rings. The molecule has 32 heavy (non-hydrogen) atoms. The van der Waals surface area contributed by atoms with Crippen LogP contribution in [0.1, 0.15) is 52.9 Å². The summed E-state index contributed by atoms with van der Waals surface area (Å²) in [7, 11) is 0. The van der Waals surface area contributed by atoms with Crippen molar-refractivity contribution in [2.45, 2.75) is 52.6 Å². The number of anilines is 2. The number of hydrogen-bond donors (Lipinski definition) is 0. The molecular formula is C24H25FN6O. The lowest BCUT2D eigenvalue weighted by Crippen LogP contribution is -2.29. The molecule has 1 fully saturated rings. The van der Waals surface area contributed by atoms with Gasteiger partial charge in [0.05, 0.1) is 19.0 Å². The van der Waals surface area contributed by atoms with Crippen molar-refractivity contribution in [3.05, 3.63) is 70.2 Å². The van der Waals surface area contributed by atoms with Crippen LogP contribution in [0.15, 0.2) is 30.3 Å². The van der Waals surface area contributed by atoms with Crippen molar-refractivity contribution in [1.82, 2.24) is 19.9 Å². The number of halogens is 1. The highest BCUT2D eigenvalue weighted by Gasteiger charge is 2.35. The molecule has 1 saturated heterocycles. The predicted octanol–water partition coefficient (Wildman–Crippen LogP) is 3.76. The number of nitrogens with zero attached hydrogens (tertiary/aromatic N) is 6. The minimum atomic E-state index is -0.294. The summed E-state index contributed by atoms with van der Waals surface area (Å²) in [6.45, 7) is 7.07. The molecule has 3 aromatic rings. The predicted molar refractivity (Wildman–Crippen MR) is 119 cm³/mol. The molecule has 0 aliphatic carbocycles. The van der Waals surface area contributed by atoms with Gasteiger partial charge in [-0.1, -0.05) is 12.1 Å². The first-order valence-corrected chi connectivity index (χ1v) is 10.9. The van der Waals surface area contributed by atoms with Crippen LogP contribution < -0.4 is 9.80 Å². The SMILES string of the molecule is Cc1cc(C)nc(N2CCCC2c2nc(C)c3c(n2)N(Cc2ccc(F)cc2)C(=O)C3)n1. The molecule has 0 radical (unpaired) electrons. The smallest absolute Gasteiger partial charge is 0.233 e. The van der Waals surface area contributed by atoms with Crippen LogP contribution in [0, 0.1) is 26.6 Å². The first kappa shape index (κ1) is 20.5. The van der Waals surface area contributed by atoms with E-state index in [1.54, 1.807) is 17.0 Å². The van der Waals surface area contributed by atoms with E-state index in [2.05, 4.69) is 14.9 Å². The average Bonchev–Trinajstić information content (AvgIpc) is 3.35. The fourth-order valence-corrected chi connectivity index (χ4v) is 4.59. The van der Waals surface area contributed by atoms with Gasteiger partial charge in [-0.15, -0.1) is 0 Å². The quantitative estimate of drug-likeness (QED) is 0.625. The zero-order valence-electron chi connectivity index (χ0n) is 18.5. The molecule has 2 aromatic heterocycles. The maximum absolute atomic E-state index is 13.3. The van der Waals surface area contributed by atoms with E-state index >= 15 is 0 Å². The van der Waals surface area contributed by atoms with Crippen molar-refractivity contribution in [2.24, 2.45) is 0 Å². The number of aryl methyl sites for hydroxylation is 3. The van der Waals surface area contributed by atoms with Crippen LogP contribution in [0.3, 0.4) is 0 Å². The van der Waals surface area contributed by atoms with Gasteiger partial charge < -0.3 is 4.90 Å². The number of hydrogen-bond acceptors (Lipinski definition) is 6. The molecule has 2 aliphatic heterocycles. The van der Waals surface area contributed by atoms with E-state index in [4.69, 9.17) is 9.97 Å². The number of carbonyl (C=O) groups is 1. The number of rotatable bonds is 4. The van der Waals surface area contributed by atoms with Crippen molar-refractivity contribution in [2.75, 3.05) is 16.3 Å². The second-order valence-corrected chi connectivity index (χ2v) is 8.55. The summed E-state index contributed by atoms with van der Waals surface area (Å²) >= 11 is 0. The van der Waals surface area contributed by atoms with E-state index in [9.17, 15) is 9.18 Å². The summed E-state index contributed by atoms with van der Waals surface area (Å²) in [5, 5.41) is 0. The van der Waals surface area contributed by atoms with Gasteiger partial charge in [0, 0.05) is 29.2 Å². The Labute approximate surface area is 186 Å². The molecule has 8 heteroatoms. The lowest BCUT2D eigenvalue weighted by atomic mass is 10.1. The first-order valence-electron chi connectivity index (χ1n) is 10.9. The summed E-state index contributed by atoms with van der Waals surface area (Å²) in [5.41, 5.74) is 4.42. The zero-order valence-corrected chi connectivity index (χ0v) is 18.5. The van der Waals surface area contributed by atoms with Crippen LogP contribution in [0.5, 0.6) is 0 Å². The minimum Gasteiger partial charge on any atom is -0.331 e. The molecule has 5 rings (SSSR count). The summed E-state index contributed by atoms with van der Waals surface area (Å²) in [4.78, 5) is 35.6. The Bertz CT molecular complexity index is 1180. The summed E-state index contributed by atoms with van der Waals surface area (Å²) in [6, 6.07) is 8.14. The molecule has 0 bridgehead atoms. The Hall–Kier alpha value is -3.42. The van der Waals surface area contributed by atoms with Crippen LogP contribution in [0.4, 0.5) is 16.2 Å².